The molecule has 7 heteroatoms. The Morgan fingerprint density at radius 1 is 1.04 bits per heavy atom. The van der Waals surface area contributed by atoms with E-state index in [-0.39, 0.29) is 5.69 Å². The third-order valence-electron chi connectivity index (χ3n) is 5.52. The number of carboxylic acid groups (broad SMARTS) is 1. The molecule has 0 unspecified atom stereocenters. The second-order valence-electron chi connectivity index (χ2n) is 7.56. The monoisotopic (exact) mass is 379 g/mol. The highest BCUT2D eigenvalue weighted by atomic mass is 16.4. The molecule has 0 spiro atoms. The molecular formula is C21H25N5O2. The number of fused-ring (bicyclic) bond motifs is 1. The molecule has 0 radical (unpaired) electrons. The van der Waals surface area contributed by atoms with Gasteiger partial charge in [-0.05, 0) is 44.5 Å². The van der Waals surface area contributed by atoms with Gasteiger partial charge in [0, 0.05) is 32.2 Å². The van der Waals surface area contributed by atoms with Crippen molar-refractivity contribution in [1.29, 1.82) is 0 Å². The number of benzene rings is 1. The van der Waals surface area contributed by atoms with Crippen LogP contribution in [0.4, 0.5) is 5.82 Å². The van der Waals surface area contributed by atoms with Gasteiger partial charge >= 0.3 is 5.97 Å². The highest BCUT2D eigenvalue weighted by Crippen LogP contribution is 2.34. The average molecular weight is 379 g/mol. The molecule has 28 heavy (non-hydrogen) atoms. The molecule has 1 aliphatic rings. The number of aromatic carboxylic acids is 1. The highest BCUT2D eigenvalue weighted by molar-refractivity contribution is 5.90. The molecular weight excluding hydrogens is 354 g/mol. The Kier molecular flexibility index (Phi) is 4.55. The molecule has 4 rings (SSSR count). The van der Waals surface area contributed by atoms with Crippen LogP contribution in [0, 0.1) is 20.8 Å². The molecule has 0 saturated carbocycles. The first-order chi connectivity index (χ1) is 13.4. The fourth-order valence-corrected chi connectivity index (χ4v) is 3.98. The summed E-state index contributed by atoms with van der Waals surface area (Å²) in [6.45, 7) is 9.59. The van der Waals surface area contributed by atoms with E-state index in [1.807, 2.05) is 17.5 Å². The molecule has 146 valence electrons. The minimum atomic E-state index is -1.02. The summed E-state index contributed by atoms with van der Waals surface area (Å²) in [4.78, 5) is 20.8. The largest absolute Gasteiger partial charge is 0.477 e. The molecule has 0 amide bonds. The van der Waals surface area contributed by atoms with E-state index in [4.69, 9.17) is 5.10 Å². The number of hydrogen-bond donors (Lipinski definition) is 1. The Labute approximate surface area is 164 Å². The molecule has 1 aliphatic heterocycles. The van der Waals surface area contributed by atoms with E-state index in [1.54, 1.807) is 6.07 Å². The number of aromatic nitrogens is 3. The van der Waals surface area contributed by atoms with Gasteiger partial charge in [-0.25, -0.2) is 9.78 Å². The molecule has 3 heterocycles. The van der Waals surface area contributed by atoms with E-state index >= 15 is 0 Å². The summed E-state index contributed by atoms with van der Waals surface area (Å²) in [7, 11) is 2.10. The number of carbonyl (C=O) groups is 1. The van der Waals surface area contributed by atoms with Crippen molar-refractivity contribution in [3.8, 4) is 11.1 Å². The van der Waals surface area contributed by atoms with Gasteiger partial charge in [0.1, 0.15) is 5.82 Å². The second kappa shape index (κ2) is 6.91. The van der Waals surface area contributed by atoms with Crippen molar-refractivity contribution in [3.05, 3.63) is 46.8 Å². The first-order valence-electron chi connectivity index (χ1n) is 9.50. The van der Waals surface area contributed by atoms with E-state index < -0.39 is 5.97 Å². The van der Waals surface area contributed by atoms with Crippen molar-refractivity contribution in [1.82, 2.24) is 19.5 Å². The lowest BCUT2D eigenvalue weighted by atomic mass is 9.96. The average Bonchev–Trinajstić information content (AvgIpc) is 2.98. The number of likely N-dealkylation sites (N-methyl/N-ethyl adjacent to an activating group) is 1. The maximum absolute atomic E-state index is 11.8. The molecule has 1 saturated heterocycles. The summed E-state index contributed by atoms with van der Waals surface area (Å²) in [5.74, 6) is -0.236. The quantitative estimate of drug-likeness (QED) is 0.754. The molecule has 2 aromatic heterocycles. The Bertz CT molecular complexity index is 1040. The van der Waals surface area contributed by atoms with Gasteiger partial charge in [-0.1, -0.05) is 18.2 Å². The second-order valence-corrected chi connectivity index (χ2v) is 7.56. The van der Waals surface area contributed by atoms with E-state index in [1.165, 1.54) is 0 Å². The molecule has 0 aliphatic carbocycles. The molecule has 0 atom stereocenters. The van der Waals surface area contributed by atoms with E-state index in [9.17, 15) is 9.90 Å². The van der Waals surface area contributed by atoms with Crippen LogP contribution in [0.5, 0.6) is 0 Å². The predicted molar refractivity (Wildman–Crippen MR) is 109 cm³/mol. The molecule has 3 aromatic rings. The standard InChI is InChI=1S/C21H25N5O2/c1-13-6-5-7-14(2)18(13)19-15(3)23-26-17(25-10-8-24(4)9-11-25)12-16(21(27)28)22-20(19)26/h5-7,12H,8-11H2,1-4H3,(H,27,28). The van der Waals surface area contributed by atoms with Crippen LogP contribution in [-0.4, -0.2) is 63.8 Å². The molecule has 1 fully saturated rings. The van der Waals surface area contributed by atoms with E-state index in [0.29, 0.717) is 5.65 Å². The van der Waals surface area contributed by atoms with Crippen LogP contribution >= 0.6 is 0 Å². The van der Waals surface area contributed by atoms with Crippen molar-refractivity contribution < 1.29 is 9.90 Å². The number of anilines is 1. The van der Waals surface area contributed by atoms with E-state index in [0.717, 1.165) is 59.9 Å². The summed E-state index contributed by atoms with van der Waals surface area (Å²) in [6.07, 6.45) is 0. The maximum atomic E-state index is 11.8. The van der Waals surface area contributed by atoms with Crippen LogP contribution in [0.15, 0.2) is 24.3 Å². The molecule has 7 nitrogen and oxygen atoms in total. The Morgan fingerprint density at radius 2 is 1.68 bits per heavy atom. The van der Waals surface area contributed by atoms with Gasteiger partial charge in [-0.2, -0.15) is 9.61 Å². The third-order valence-corrected chi connectivity index (χ3v) is 5.52. The van der Waals surface area contributed by atoms with Crippen LogP contribution in [0.3, 0.4) is 0 Å². The van der Waals surface area contributed by atoms with Gasteiger partial charge in [0.2, 0.25) is 0 Å². The van der Waals surface area contributed by atoms with Crippen molar-refractivity contribution >= 4 is 17.4 Å². The fraction of sp³-hybridized carbons (Fsp3) is 0.381. The Balaban J connectivity index is 1.99. The minimum Gasteiger partial charge on any atom is -0.477 e. The lowest BCUT2D eigenvalue weighted by molar-refractivity contribution is 0.0690. The Hall–Kier alpha value is -2.93. The van der Waals surface area contributed by atoms with Gasteiger partial charge in [-0.3, -0.25) is 0 Å². The van der Waals surface area contributed by atoms with Gasteiger partial charge in [0.15, 0.2) is 11.3 Å². The molecule has 1 N–H and O–H groups in total. The molecule has 1 aromatic carbocycles. The number of rotatable bonds is 3. The number of hydrogen-bond acceptors (Lipinski definition) is 5. The first-order valence-corrected chi connectivity index (χ1v) is 9.50. The van der Waals surface area contributed by atoms with Crippen molar-refractivity contribution in [3.63, 3.8) is 0 Å². The van der Waals surface area contributed by atoms with Crippen molar-refractivity contribution in [2.24, 2.45) is 0 Å². The van der Waals surface area contributed by atoms with Crippen LogP contribution < -0.4 is 4.90 Å². The van der Waals surface area contributed by atoms with Gasteiger partial charge in [0.05, 0.1) is 11.3 Å². The predicted octanol–water partition coefficient (Wildman–Crippen LogP) is 2.77. The van der Waals surface area contributed by atoms with E-state index in [2.05, 4.69) is 47.8 Å². The highest BCUT2D eigenvalue weighted by Gasteiger charge is 2.24. The lowest BCUT2D eigenvalue weighted by Crippen LogP contribution is -2.45. The van der Waals surface area contributed by atoms with Crippen LogP contribution in [0.25, 0.3) is 16.8 Å². The third kappa shape index (κ3) is 3.01. The summed E-state index contributed by atoms with van der Waals surface area (Å²) >= 11 is 0. The van der Waals surface area contributed by atoms with Crippen molar-refractivity contribution in [2.45, 2.75) is 20.8 Å². The zero-order valence-corrected chi connectivity index (χ0v) is 16.7. The smallest absolute Gasteiger partial charge is 0.354 e. The number of nitrogens with zero attached hydrogens (tertiary/aromatic N) is 5. The first kappa shape index (κ1) is 18.4. The zero-order valence-electron chi connectivity index (χ0n) is 16.7. The number of aryl methyl sites for hydroxylation is 3. The van der Waals surface area contributed by atoms with Crippen LogP contribution in [-0.2, 0) is 0 Å². The maximum Gasteiger partial charge on any atom is 0.354 e. The lowest BCUT2D eigenvalue weighted by Gasteiger charge is -2.34. The van der Waals surface area contributed by atoms with Gasteiger partial charge in [-0.15, -0.1) is 0 Å². The summed E-state index contributed by atoms with van der Waals surface area (Å²) in [6, 6.07) is 7.80. The fourth-order valence-electron chi connectivity index (χ4n) is 3.98. The van der Waals surface area contributed by atoms with Crippen LogP contribution in [0.2, 0.25) is 0 Å². The molecule has 0 bridgehead atoms. The SMILES string of the molecule is Cc1cccc(C)c1-c1c(C)nn2c(N3CCN(C)CC3)cc(C(=O)O)nc12. The Morgan fingerprint density at radius 3 is 2.29 bits per heavy atom. The number of piperazine rings is 1. The summed E-state index contributed by atoms with van der Waals surface area (Å²) in [5.41, 5.74) is 5.74. The normalized spacial score (nSPS) is 15.4. The minimum absolute atomic E-state index is 0.0498. The topological polar surface area (TPSA) is 74.0 Å². The summed E-state index contributed by atoms with van der Waals surface area (Å²) in [5, 5.41) is 14.4. The summed E-state index contributed by atoms with van der Waals surface area (Å²) < 4.78 is 1.81. The zero-order chi connectivity index (χ0) is 20.0. The van der Waals surface area contributed by atoms with Gasteiger partial charge in [0.25, 0.3) is 0 Å². The van der Waals surface area contributed by atoms with Gasteiger partial charge < -0.3 is 14.9 Å². The number of carboxylic acids is 1. The van der Waals surface area contributed by atoms with Crippen molar-refractivity contribution in [2.75, 3.05) is 38.1 Å². The van der Waals surface area contributed by atoms with Crippen LogP contribution in [0.1, 0.15) is 27.3 Å².